The van der Waals surface area contributed by atoms with Crippen LogP contribution in [-0.4, -0.2) is 25.4 Å². The summed E-state index contributed by atoms with van der Waals surface area (Å²) in [7, 11) is 3.11. The molecule has 0 aromatic heterocycles. The minimum absolute atomic E-state index is 1.13. The highest BCUT2D eigenvalue weighted by Gasteiger charge is 2.37. The molecule has 1 unspecified atom stereocenters. The van der Waals surface area contributed by atoms with Crippen LogP contribution in [0, 0.1) is 0 Å². The van der Waals surface area contributed by atoms with Crippen molar-refractivity contribution in [2.24, 2.45) is 0 Å². The normalized spacial score (nSPS) is 14.4. The number of hydrogen-bond acceptors (Lipinski definition) is 1. The Balaban J connectivity index is 2.34. The Morgan fingerprint density at radius 3 is 1.83 bits per heavy atom. The first-order valence-corrected chi connectivity index (χ1v) is 8.63. The summed E-state index contributed by atoms with van der Waals surface area (Å²) >= 11 is 0. The number of rotatable bonds is 4. The summed E-state index contributed by atoms with van der Waals surface area (Å²) in [5.74, 6) is 0. The molecule has 0 radical (unpaired) electrons. The molecule has 2 heteroatoms. The molecule has 0 saturated carbocycles. The van der Waals surface area contributed by atoms with Crippen molar-refractivity contribution < 1.29 is 0 Å². The van der Waals surface area contributed by atoms with Crippen LogP contribution in [0.2, 0.25) is 0 Å². The van der Waals surface area contributed by atoms with Crippen molar-refractivity contribution in [2.45, 2.75) is 6.16 Å². The zero-order chi connectivity index (χ0) is 13.0. The van der Waals surface area contributed by atoms with Gasteiger partial charge in [-0.1, -0.05) is 48.5 Å². The molecule has 0 saturated heterocycles. The standard InChI is InChI=1S/C16H21NP/c1-17(2)18(3,16-12-8-5-9-13-16)14-15-10-6-4-7-11-15/h4-13H,14H2,1-3H3/q+1. The SMILES string of the molecule is CN(C)[P+](C)(Cc1ccccc1)c1ccccc1. The number of hydrogen-bond donors (Lipinski definition) is 0. The summed E-state index contributed by atoms with van der Waals surface area (Å²) in [5, 5.41) is 1.47. The van der Waals surface area contributed by atoms with Crippen molar-refractivity contribution in [1.82, 2.24) is 4.67 Å². The van der Waals surface area contributed by atoms with E-state index in [9.17, 15) is 0 Å². The Kier molecular flexibility index (Phi) is 4.16. The Bertz CT molecular complexity index is 481. The number of benzene rings is 2. The fourth-order valence-electron chi connectivity index (χ4n) is 2.15. The van der Waals surface area contributed by atoms with E-state index in [-0.39, 0.29) is 0 Å². The molecule has 2 rings (SSSR count). The fraction of sp³-hybridized carbons (Fsp3) is 0.250. The molecule has 18 heavy (non-hydrogen) atoms. The van der Waals surface area contributed by atoms with Crippen molar-refractivity contribution in [1.29, 1.82) is 0 Å². The predicted molar refractivity (Wildman–Crippen MR) is 82.8 cm³/mol. The van der Waals surface area contributed by atoms with Gasteiger partial charge in [-0.25, -0.2) is 0 Å². The zero-order valence-electron chi connectivity index (χ0n) is 11.4. The summed E-state index contributed by atoms with van der Waals surface area (Å²) in [6.45, 7) is 2.41. The first kappa shape index (κ1) is 13.3. The quantitative estimate of drug-likeness (QED) is 0.757. The summed E-state index contributed by atoms with van der Waals surface area (Å²) < 4.78 is 2.41. The molecule has 0 aliphatic heterocycles. The maximum absolute atomic E-state index is 2.41. The van der Waals surface area contributed by atoms with Crippen LogP contribution >= 0.6 is 7.41 Å². The van der Waals surface area contributed by atoms with Crippen molar-refractivity contribution in [3.63, 3.8) is 0 Å². The molecule has 0 bridgehead atoms. The van der Waals surface area contributed by atoms with Gasteiger partial charge < -0.3 is 0 Å². The van der Waals surface area contributed by atoms with Gasteiger partial charge in [-0.2, -0.15) is 4.67 Å². The van der Waals surface area contributed by atoms with Gasteiger partial charge in [0.2, 0.25) is 0 Å². The minimum Gasteiger partial charge on any atom is -0.181 e. The maximum Gasteiger partial charge on any atom is 0.116 e. The van der Waals surface area contributed by atoms with E-state index in [0.29, 0.717) is 0 Å². The second-order valence-corrected chi connectivity index (χ2v) is 8.88. The lowest BCUT2D eigenvalue weighted by molar-refractivity contribution is 0.668. The molecule has 94 valence electrons. The maximum atomic E-state index is 2.41. The largest absolute Gasteiger partial charge is 0.181 e. The van der Waals surface area contributed by atoms with Gasteiger partial charge in [0.05, 0.1) is 6.66 Å². The van der Waals surface area contributed by atoms with E-state index >= 15 is 0 Å². The van der Waals surface area contributed by atoms with E-state index in [4.69, 9.17) is 0 Å². The monoisotopic (exact) mass is 258 g/mol. The van der Waals surface area contributed by atoms with Crippen LogP contribution in [0.3, 0.4) is 0 Å². The van der Waals surface area contributed by atoms with Gasteiger partial charge in [0, 0.05) is 14.1 Å². The van der Waals surface area contributed by atoms with Gasteiger partial charge in [-0.05, 0) is 17.7 Å². The van der Waals surface area contributed by atoms with Gasteiger partial charge in [0.15, 0.2) is 0 Å². The lowest BCUT2D eigenvalue weighted by atomic mass is 10.2. The molecular weight excluding hydrogens is 237 g/mol. The van der Waals surface area contributed by atoms with Crippen LogP contribution in [0.15, 0.2) is 60.7 Å². The molecule has 2 aromatic carbocycles. The van der Waals surface area contributed by atoms with Crippen molar-refractivity contribution in [3.8, 4) is 0 Å². The third-order valence-corrected chi connectivity index (χ3v) is 7.69. The van der Waals surface area contributed by atoms with Crippen LogP contribution in [0.25, 0.3) is 0 Å². The molecule has 0 amide bonds. The van der Waals surface area contributed by atoms with E-state index in [1.165, 1.54) is 10.9 Å². The van der Waals surface area contributed by atoms with Crippen molar-refractivity contribution in [2.75, 3.05) is 20.8 Å². The topological polar surface area (TPSA) is 3.24 Å². The lowest BCUT2D eigenvalue weighted by Crippen LogP contribution is -2.25. The Morgan fingerprint density at radius 2 is 1.33 bits per heavy atom. The highest BCUT2D eigenvalue weighted by atomic mass is 31.2. The molecule has 0 aliphatic rings. The van der Waals surface area contributed by atoms with Crippen LogP contribution in [-0.2, 0) is 6.16 Å². The first-order valence-electron chi connectivity index (χ1n) is 6.26. The fourth-order valence-corrected chi connectivity index (χ4v) is 4.82. The minimum atomic E-state index is -1.28. The van der Waals surface area contributed by atoms with E-state index in [1.54, 1.807) is 0 Å². The molecule has 2 aromatic rings. The second kappa shape index (κ2) is 5.65. The second-order valence-electron chi connectivity index (χ2n) is 4.97. The average Bonchev–Trinajstić information content (AvgIpc) is 2.40. The Hall–Kier alpha value is -1.17. The summed E-state index contributed by atoms with van der Waals surface area (Å²) in [6, 6.07) is 21.7. The molecule has 0 N–H and O–H groups in total. The van der Waals surface area contributed by atoms with E-state index in [2.05, 4.69) is 86.1 Å². The first-order chi connectivity index (χ1) is 8.63. The lowest BCUT2D eigenvalue weighted by Gasteiger charge is -2.28. The Labute approximate surface area is 111 Å². The van der Waals surface area contributed by atoms with Gasteiger partial charge in [0.25, 0.3) is 0 Å². The summed E-state index contributed by atoms with van der Waals surface area (Å²) in [6.07, 6.45) is 1.13. The predicted octanol–water partition coefficient (Wildman–Crippen LogP) is 3.64. The summed E-state index contributed by atoms with van der Waals surface area (Å²) in [4.78, 5) is 0. The van der Waals surface area contributed by atoms with E-state index in [0.717, 1.165) is 6.16 Å². The molecule has 1 atom stereocenters. The van der Waals surface area contributed by atoms with Crippen molar-refractivity contribution in [3.05, 3.63) is 66.2 Å². The highest BCUT2D eigenvalue weighted by Crippen LogP contribution is 2.58. The summed E-state index contributed by atoms with van der Waals surface area (Å²) in [5.41, 5.74) is 1.42. The van der Waals surface area contributed by atoms with Crippen LogP contribution in [0.1, 0.15) is 5.56 Å². The molecule has 0 heterocycles. The van der Waals surface area contributed by atoms with Crippen molar-refractivity contribution >= 4 is 12.7 Å². The van der Waals surface area contributed by atoms with Gasteiger partial charge in [-0.3, -0.25) is 0 Å². The van der Waals surface area contributed by atoms with E-state index < -0.39 is 7.41 Å². The van der Waals surface area contributed by atoms with Gasteiger partial charge in [0.1, 0.15) is 18.9 Å². The van der Waals surface area contributed by atoms with Gasteiger partial charge in [-0.15, -0.1) is 0 Å². The van der Waals surface area contributed by atoms with Crippen LogP contribution in [0.5, 0.6) is 0 Å². The third kappa shape index (κ3) is 2.80. The Morgan fingerprint density at radius 1 is 0.833 bits per heavy atom. The smallest absolute Gasteiger partial charge is 0.116 e. The molecule has 1 nitrogen and oxygen atoms in total. The molecule has 0 aliphatic carbocycles. The molecule has 0 fully saturated rings. The van der Waals surface area contributed by atoms with Crippen LogP contribution < -0.4 is 5.30 Å². The van der Waals surface area contributed by atoms with Crippen LogP contribution in [0.4, 0.5) is 0 Å². The number of nitrogens with zero attached hydrogens (tertiary/aromatic N) is 1. The third-order valence-electron chi connectivity index (χ3n) is 3.53. The highest BCUT2D eigenvalue weighted by molar-refractivity contribution is 7.79. The molecule has 0 spiro atoms. The molecular formula is C16H21NP+. The average molecular weight is 258 g/mol. The van der Waals surface area contributed by atoms with E-state index in [1.807, 2.05) is 0 Å². The van der Waals surface area contributed by atoms with Gasteiger partial charge >= 0.3 is 0 Å². The zero-order valence-corrected chi connectivity index (χ0v) is 12.3.